The second-order valence-electron chi connectivity index (χ2n) is 22.1. The molecule has 0 amide bonds. The SMILES string of the molecule is CC(C)(C)c1cc(-c2cc(-c3ccccc3)ccn2)cc(-c2cccc3c2nc(-c2cc(C(C)(C)C)cc(C(C)(C)C)c2O)n3-c2ccc(-n3c4ccccc4c4ccccc43)cc2-c2ccccc2)c1. The number of phenols is 1. The van der Waals surface area contributed by atoms with Gasteiger partial charge < -0.3 is 9.67 Å². The van der Waals surface area contributed by atoms with Crippen LogP contribution in [0.15, 0.2) is 194 Å². The molecule has 0 spiro atoms. The smallest absolute Gasteiger partial charge is 0.149 e. The molecule has 0 bridgehead atoms. The normalized spacial score (nSPS) is 12.4. The summed E-state index contributed by atoms with van der Waals surface area (Å²) in [6.07, 6.45) is 1.91. The maximum absolute atomic E-state index is 12.7. The average Bonchev–Trinajstić information content (AvgIpc) is 3.92. The van der Waals surface area contributed by atoms with Crippen LogP contribution in [0, 0.1) is 0 Å². The molecule has 0 aliphatic rings. The molecule has 5 nitrogen and oxygen atoms in total. The minimum absolute atomic E-state index is 0.161. The minimum atomic E-state index is -0.350. The van der Waals surface area contributed by atoms with Crippen LogP contribution in [0.3, 0.4) is 0 Å². The van der Waals surface area contributed by atoms with Crippen molar-refractivity contribution in [3.8, 4) is 73.2 Å². The van der Waals surface area contributed by atoms with Crippen LogP contribution in [0.25, 0.3) is 100 Å². The van der Waals surface area contributed by atoms with E-state index in [9.17, 15) is 5.11 Å². The number of hydrogen-bond acceptors (Lipinski definition) is 3. The molecule has 0 fully saturated rings. The Morgan fingerprint density at radius 3 is 1.65 bits per heavy atom. The molecular weight excluding hydrogens is 865 g/mol. The summed E-state index contributed by atoms with van der Waals surface area (Å²) in [6, 6.07) is 67.3. The van der Waals surface area contributed by atoms with Crippen molar-refractivity contribution in [2.45, 2.75) is 78.6 Å². The van der Waals surface area contributed by atoms with E-state index in [-0.39, 0.29) is 22.0 Å². The average molecular weight is 925 g/mol. The van der Waals surface area contributed by atoms with E-state index in [2.05, 4.69) is 260 Å². The van der Waals surface area contributed by atoms with Crippen LogP contribution in [-0.4, -0.2) is 24.2 Å². The summed E-state index contributed by atoms with van der Waals surface area (Å²) in [5.41, 5.74) is 17.7. The fourth-order valence-electron chi connectivity index (χ4n) is 10.2. The summed E-state index contributed by atoms with van der Waals surface area (Å²) < 4.78 is 4.68. The second-order valence-corrected chi connectivity index (χ2v) is 22.1. The van der Waals surface area contributed by atoms with Crippen LogP contribution in [0.4, 0.5) is 0 Å². The van der Waals surface area contributed by atoms with E-state index in [1.165, 1.54) is 16.3 Å². The zero-order valence-electron chi connectivity index (χ0n) is 42.2. The van der Waals surface area contributed by atoms with Gasteiger partial charge in [-0.3, -0.25) is 9.55 Å². The first-order valence-corrected chi connectivity index (χ1v) is 24.8. The lowest BCUT2D eigenvalue weighted by atomic mass is 9.79. The summed E-state index contributed by atoms with van der Waals surface area (Å²) in [6.45, 7) is 20.0. The zero-order valence-corrected chi connectivity index (χ0v) is 42.2. The number of imidazole rings is 1. The first kappa shape index (κ1) is 45.4. The standard InChI is InChI=1S/C66H60N4O/c1-64(2,3)47-36-45(35-46(37-47)56-38-44(33-34-67-56)42-21-12-10-13-22-42)50-27-20-30-60-61(50)68-63(54-39-48(65(4,5)6)40-55(62(54)71)66(7,8)9)70(60)59-32-31-49(41-53(59)43-23-14-11-15-24-43)69-57-28-18-16-25-51(57)52-26-17-19-29-58(52)69/h10-41,71H,1-9H3. The van der Waals surface area contributed by atoms with Crippen LogP contribution < -0.4 is 0 Å². The van der Waals surface area contributed by atoms with Crippen LogP contribution in [-0.2, 0) is 16.2 Å². The lowest BCUT2D eigenvalue weighted by molar-refractivity contribution is 0.446. The number of pyridine rings is 1. The molecule has 3 aromatic heterocycles. The van der Waals surface area contributed by atoms with Gasteiger partial charge in [-0.05, 0) is 116 Å². The third-order valence-corrected chi connectivity index (χ3v) is 14.1. The number of fused-ring (bicyclic) bond motifs is 4. The number of phenolic OH excluding ortho intramolecular Hbond substituents is 1. The Hall–Kier alpha value is -8.02. The highest BCUT2D eigenvalue weighted by molar-refractivity contribution is 6.09. The third kappa shape index (κ3) is 8.19. The van der Waals surface area contributed by atoms with Crippen molar-refractivity contribution in [3.63, 3.8) is 0 Å². The molecule has 0 saturated heterocycles. The Morgan fingerprint density at radius 1 is 0.408 bits per heavy atom. The molecule has 8 aromatic carbocycles. The van der Waals surface area contributed by atoms with E-state index < -0.39 is 0 Å². The van der Waals surface area contributed by atoms with Gasteiger partial charge in [0.1, 0.15) is 11.6 Å². The van der Waals surface area contributed by atoms with Crippen LogP contribution in [0.5, 0.6) is 5.75 Å². The first-order valence-electron chi connectivity index (χ1n) is 24.8. The molecule has 350 valence electrons. The quantitative estimate of drug-likeness (QED) is 0.173. The number of rotatable bonds is 7. The van der Waals surface area contributed by atoms with Gasteiger partial charge in [-0.15, -0.1) is 0 Å². The van der Waals surface area contributed by atoms with Crippen LogP contribution in [0.2, 0.25) is 0 Å². The van der Waals surface area contributed by atoms with E-state index >= 15 is 0 Å². The molecule has 0 aliphatic heterocycles. The largest absolute Gasteiger partial charge is 0.507 e. The fourth-order valence-corrected chi connectivity index (χ4v) is 10.2. The van der Waals surface area contributed by atoms with Crippen molar-refractivity contribution in [2.75, 3.05) is 0 Å². The van der Waals surface area contributed by atoms with E-state index in [4.69, 9.17) is 9.97 Å². The van der Waals surface area contributed by atoms with Crippen molar-refractivity contribution in [3.05, 3.63) is 211 Å². The fraction of sp³-hybridized carbons (Fsp3) is 0.182. The molecule has 11 rings (SSSR count). The Balaban J connectivity index is 1.22. The first-order chi connectivity index (χ1) is 34.0. The van der Waals surface area contributed by atoms with Crippen molar-refractivity contribution >= 4 is 32.8 Å². The maximum atomic E-state index is 12.7. The van der Waals surface area contributed by atoms with Gasteiger partial charge in [0.15, 0.2) is 0 Å². The van der Waals surface area contributed by atoms with E-state index in [0.29, 0.717) is 11.4 Å². The van der Waals surface area contributed by atoms with Gasteiger partial charge in [0, 0.05) is 44.9 Å². The highest BCUT2D eigenvalue weighted by Crippen LogP contribution is 2.46. The van der Waals surface area contributed by atoms with Gasteiger partial charge in [0.25, 0.3) is 0 Å². The molecule has 71 heavy (non-hydrogen) atoms. The van der Waals surface area contributed by atoms with Crippen LogP contribution >= 0.6 is 0 Å². The van der Waals surface area contributed by atoms with Crippen molar-refractivity contribution in [2.24, 2.45) is 0 Å². The van der Waals surface area contributed by atoms with Gasteiger partial charge in [0.05, 0.1) is 39.0 Å². The van der Waals surface area contributed by atoms with E-state index in [1.807, 2.05) is 6.20 Å². The predicted octanol–water partition coefficient (Wildman–Crippen LogP) is 17.5. The van der Waals surface area contributed by atoms with Gasteiger partial charge in [-0.2, -0.15) is 0 Å². The summed E-state index contributed by atoms with van der Waals surface area (Å²) in [5, 5.41) is 15.2. The van der Waals surface area contributed by atoms with Gasteiger partial charge >= 0.3 is 0 Å². The molecule has 0 atom stereocenters. The van der Waals surface area contributed by atoms with Gasteiger partial charge in [0.2, 0.25) is 0 Å². The Bertz CT molecular complexity index is 3760. The van der Waals surface area contributed by atoms with E-state index in [0.717, 1.165) is 89.2 Å². The number of aromatic hydroxyl groups is 1. The Labute approximate surface area is 417 Å². The molecular formula is C66H60N4O. The Morgan fingerprint density at radius 2 is 1.00 bits per heavy atom. The third-order valence-electron chi connectivity index (χ3n) is 14.1. The van der Waals surface area contributed by atoms with Gasteiger partial charge in [-0.1, -0.05) is 184 Å². The van der Waals surface area contributed by atoms with Crippen molar-refractivity contribution in [1.29, 1.82) is 0 Å². The molecule has 0 aliphatic carbocycles. The number of nitrogens with zero attached hydrogens (tertiary/aromatic N) is 4. The number of hydrogen-bond donors (Lipinski definition) is 1. The molecule has 0 unspecified atom stereocenters. The maximum Gasteiger partial charge on any atom is 0.149 e. The van der Waals surface area contributed by atoms with Crippen LogP contribution in [0.1, 0.15) is 79.0 Å². The van der Waals surface area contributed by atoms with E-state index in [1.54, 1.807) is 0 Å². The highest BCUT2D eigenvalue weighted by Gasteiger charge is 2.30. The molecule has 5 heteroatoms. The molecule has 0 saturated carbocycles. The highest BCUT2D eigenvalue weighted by atomic mass is 16.3. The molecule has 1 N–H and O–H groups in total. The molecule has 11 aromatic rings. The topological polar surface area (TPSA) is 55.9 Å². The number of aromatic nitrogens is 4. The van der Waals surface area contributed by atoms with Gasteiger partial charge in [-0.25, -0.2) is 4.98 Å². The molecule has 3 heterocycles. The lowest BCUT2D eigenvalue weighted by Gasteiger charge is -2.27. The molecule has 0 radical (unpaired) electrons. The minimum Gasteiger partial charge on any atom is -0.507 e. The zero-order chi connectivity index (χ0) is 49.4. The number of benzene rings is 8. The Kier molecular flexibility index (Phi) is 11.0. The second kappa shape index (κ2) is 17.1. The van der Waals surface area contributed by atoms with Crippen molar-refractivity contribution < 1.29 is 5.11 Å². The monoisotopic (exact) mass is 924 g/mol. The summed E-state index contributed by atoms with van der Waals surface area (Å²) in [7, 11) is 0. The van der Waals surface area contributed by atoms with Crippen molar-refractivity contribution in [1.82, 2.24) is 19.1 Å². The summed E-state index contributed by atoms with van der Waals surface area (Å²) >= 11 is 0. The predicted molar refractivity (Wildman–Crippen MR) is 298 cm³/mol. The lowest BCUT2D eigenvalue weighted by Crippen LogP contribution is -2.17. The number of para-hydroxylation sites is 3. The summed E-state index contributed by atoms with van der Waals surface area (Å²) in [4.78, 5) is 10.7. The summed E-state index contributed by atoms with van der Waals surface area (Å²) in [5.74, 6) is 0.918.